The molecule has 0 fully saturated rings. The number of hydrogen-bond donors (Lipinski definition) is 0. The lowest BCUT2D eigenvalue weighted by molar-refractivity contribution is 0.332. The molecule has 0 unspecified atom stereocenters. The van der Waals surface area contributed by atoms with Crippen molar-refractivity contribution >= 4 is 96.2 Å². The summed E-state index contributed by atoms with van der Waals surface area (Å²) in [6, 6.07) is 60.1. The summed E-state index contributed by atoms with van der Waals surface area (Å²) in [6.45, 7) is 29.1. The average molecular weight is 968 g/mol. The van der Waals surface area contributed by atoms with E-state index in [0.717, 1.165) is 64.0 Å². The minimum Gasteiger partial charge on any atom is -0.456 e. The highest BCUT2D eigenvalue weighted by atomic mass is 16.3. The van der Waals surface area contributed by atoms with Gasteiger partial charge < -0.3 is 19.1 Å². The molecule has 0 saturated heterocycles. The number of benzene rings is 8. The molecule has 8 aromatic carbocycles. The first-order valence-corrected chi connectivity index (χ1v) is 27.3. The van der Waals surface area contributed by atoms with E-state index < -0.39 is 0 Å². The molecule has 0 amide bonds. The molecule has 2 aliphatic carbocycles. The minimum atomic E-state index is -0.291. The zero-order valence-electron chi connectivity index (χ0n) is 45.7. The zero-order valence-corrected chi connectivity index (χ0v) is 45.7. The van der Waals surface area contributed by atoms with Gasteiger partial charge in [-0.2, -0.15) is 0 Å². The van der Waals surface area contributed by atoms with E-state index in [4.69, 9.17) is 4.42 Å². The normalized spacial score (nSPS) is 17.6. The van der Waals surface area contributed by atoms with Gasteiger partial charge in [0.25, 0.3) is 6.71 Å². The Morgan fingerprint density at radius 2 is 1.01 bits per heavy atom. The molecule has 370 valence electrons. The van der Waals surface area contributed by atoms with Crippen LogP contribution in [0.25, 0.3) is 21.9 Å². The van der Waals surface area contributed by atoms with Crippen LogP contribution >= 0.6 is 0 Å². The lowest BCUT2D eigenvalue weighted by atomic mass is 9.33. The number of furan rings is 1. The minimum absolute atomic E-state index is 0.0192. The van der Waals surface area contributed by atoms with Gasteiger partial charge in [-0.15, -0.1) is 0 Å². The van der Waals surface area contributed by atoms with Crippen molar-refractivity contribution in [1.29, 1.82) is 0 Å². The molecule has 74 heavy (non-hydrogen) atoms. The molecule has 5 heteroatoms. The number of anilines is 9. The molecular weight excluding hydrogens is 898 g/mol. The van der Waals surface area contributed by atoms with Crippen molar-refractivity contribution < 1.29 is 4.42 Å². The molecule has 0 bridgehead atoms. The molecule has 9 aromatic rings. The lowest BCUT2D eigenvalue weighted by Crippen LogP contribution is -2.62. The maximum absolute atomic E-state index is 7.04. The summed E-state index contributed by atoms with van der Waals surface area (Å²) in [5.41, 5.74) is 24.9. The van der Waals surface area contributed by atoms with Gasteiger partial charge in [0.1, 0.15) is 11.2 Å². The van der Waals surface area contributed by atoms with Gasteiger partial charge in [-0.3, -0.25) is 0 Å². The SMILES string of the molecule is Cc1cc2c3c(c1)N(c1ccc4c(oc5ccccc54)c1C(C)(C)C)c1cc(N(c4ccccc4)c4ccccc4)ccc1B3c1cc3c(cc1N2c1ccc2c(c1)C(C)(C)CCC2(C)C)C(C)(C)CCC3(C)C. The van der Waals surface area contributed by atoms with Gasteiger partial charge in [0.15, 0.2) is 0 Å². The van der Waals surface area contributed by atoms with E-state index in [9.17, 15) is 0 Å². The quantitative estimate of drug-likeness (QED) is 0.160. The van der Waals surface area contributed by atoms with E-state index in [1.165, 1.54) is 84.6 Å². The molecular formula is C69H70BN3O. The van der Waals surface area contributed by atoms with Crippen LogP contribution in [0.3, 0.4) is 0 Å². The van der Waals surface area contributed by atoms with Gasteiger partial charge in [-0.1, -0.05) is 149 Å². The van der Waals surface area contributed by atoms with E-state index in [0.29, 0.717) is 0 Å². The smallest absolute Gasteiger partial charge is 0.252 e. The van der Waals surface area contributed by atoms with Crippen LogP contribution in [0.5, 0.6) is 0 Å². The Morgan fingerprint density at radius 3 is 1.65 bits per heavy atom. The van der Waals surface area contributed by atoms with Crippen LogP contribution in [0.4, 0.5) is 51.2 Å². The monoisotopic (exact) mass is 968 g/mol. The van der Waals surface area contributed by atoms with E-state index in [-0.39, 0.29) is 33.8 Å². The highest BCUT2D eigenvalue weighted by molar-refractivity contribution is 7.00. The van der Waals surface area contributed by atoms with Crippen LogP contribution in [0, 0.1) is 6.92 Å². The maximum Gasteiger partial charge on any atom is 0.252 e. The van der Waals surface area contributed by atoms with Gasteiger partial charge in [0, 0.05) is 61.8 Å². The van der Waals surface area contributed by atoms with Crippen molar-refractivity contribution in [2.45, 2.75) is 136 Å². The summed E-state index contributed by atoms with van der Waals surface area (Å²) >= 11 is 0. The predicted molar refractivity (Wildman–Crippen MR) is 316 cm³/mol. The van der Waals surface area contributed by atoms with E-state index >= 15 is 0 Å². The molecule has 2 aliphatic heterocycles. The number of fused-ring (bicyclic) bond motifs is 9. The van der Waals surface area contributed by atoms with Crippen LogP contribution < -0.4 is 31.1 Å². The molecule has 4 aliphatic rings. The highest BCUT2D eigenvalue weighted by Crippen LogP contribution is 2.54. The fraction of sp³-hybridized carbons (Fsp3) is 0.304. The zero-order chi connectivity index (χ0) is 51.4. The average Bonchev–Trinajstić information content (AvgIpc) is 3.79. The van der Waals surface area contributed by atoms with Gasteiger partial charge in [0.05, 0.1) is 5.69 Å². The molecule has 0 saturated carbocycles. The fourth-order valence-corrected chi connectivity index (χ4v) is 13.9. The third-order valence-electron chi connectivity index (χ3n) is 18.1. The summed E-state index contributed by atoms with van der Waals surface area (Å²) in [6.07, 6.45) is 4.66. The van der Waals surface area contributed by atoms with Crippen molar-refractivity contribution in [2.24, 2.45) is 0 Å². The van der Waals surface area contributed by atoms with Gasteiger partial charge in [-0.25, -0.2) is 0 Å². The second kappa shape index (κ2) is 16.0. The van der Waals surface area contributed by atoms with Crippen LogP contribution in [0.1, 0.15) is 135 Å². The van der Waals surface area contributed by atoms with Gasteiger partial charge >= 0.3 is 0 Å². The summed E-state index contributed by atoms with van der Waals surface area (Å²) in [7, 11) is 0. The molecule has 13 rings (SSSR count). The van der Waals surface area contributed by atoms with E-state index in [2.05, 4.69) is 256 Å². The van der Waals surface area contributed by atoms with Crippen molar-refractivity contribution in [3.05, 3.63) is 191 Å². The Labute approximate surface area is 440 Å². The molecule has 0 radical (unpaired) electrons. The van der Waals surface area contributed by atoms with Crippen LogP contribution in [-0.2, 0) is 27.1 Å². The Bertz CT molecular complexity index is 3720. The summed E-state index contributed by atoms with van der Waals surface area (Å²) < 4.78 is 7.04. The lowest BCUT2D eigenvalue weighted by Gasteiger charge is -2.48. The Balaban J connectivity index is 1.16. The van der Waals surface area contributed by atoms with Crippen LogP contribution in [0.2, 0.25) is 0 Å². The first-order valence-electron chi connectivity index (χ1n) is 27.3. The van der Waals surface area contributed by atoms with Crippen LogP contribution in [-0.4, -0.2) is 6.71 Å². The Kier molecular flexibility index (Phi) is 10.1. The number of para-hydroxylation sites is 3. The molecule has 0 spiro atoms. The predicted octanol–water partition coefficient (Wildman–Crippen LogP) is 17.4. The maximum atomic E-state index is 7.04. The van der Waals surface area contributed by atoms with Crippen molar-refractivity contribution in [2.75, 3.05) is 14.7 Å². The first-order chi connectivity index (χ1) is 35.2. The molecule has 4 nitrogen and oxygen atoms in total. The molecule has 1 aromatic heterocycles. The number of aryl methyl sites for hydroxylation is 1. The van der Waals surface area contributed by atoms with Gasteiger partial charge in [-0.05, 0) is 189 Å². The molecule has 3 heterocycles. The van der Waals surface area contributed by atoms with Crippen LogP contribution in [0.15, 0.2) is 162 Å². The Morgan fingerprint density at radius 1 is 0.459 bits per heavy atom. The molecule has 0 N–H and O–H groups in total. The third kappa shape index (κ3) is 7.01. The first kappa shape index (κ1) is 46.8. The van der Waals surface area contributed by atoms with Crippen molar-refractivity contribution in [3.8, 4) is 0 Å². The molecule has 0 atom stereocenters. The summed E-state index contributed by atoms with van der Waals surface area (Å²) in [5.74, 6) is 0. The second-order valence-electron chi connectivity index (χ2n) is 26.0. The van der Waals surface area contributed by atoms with E-state index in [1.807, 2.05) is 0 Å². The van der Waals surface area contributed by atoms with Crippen molar-refractivity contribution in [1.82, 2.24) is 0 Å². The number of rotatable bonds is 5. The highest BCUT2D eigenvalue weighted by Gasteiger charge is 2.48. The summed E-state index contributed by atoms with van der Waals surface area (Å²) in [5, 5.41) is 2.30. The van der Waals surface area contributed by atoms with E-state index in [1.54, 1.807) is 0 Å². The fourth-order valence-electron chi connectivity index (χ4n) is 13.9. The summed E-state index contributed by atoms with van der Waals surface area (Å²) in [4.78, 5) is 7.74. The number of hydrogen-bond acceptors (Lipinski definition) is 4. The largest absolute Gasteiger partial charge is 0.456 e. The van der Waals surface area contributed by atoms with Gasteiger partial charge in [0.2, 0.25) is 0 Å². The number of nitrogens with zero attached hydrogens (tertiary/aromatic N) is 3. The Hall–Kier alpha value is -6.98. The third-order valence-corrected chi connectivity index (χ3v) is 18.1. The standard InChI is InChI=1S/C69H70BN3O/c1-43-37-59-63-60(38-43)73(56-32-29-49-48-25-19-20-26-61(48)74-64(49)62(56)65(2,3)4)57-40-47(71(44-21-15-13-16-22-44)45-23-17-14-18-24-45)28-31-54(57)70(63)55-41-52-53(69(11,12)36-35-68(52,9)10)42-58(55)72(59)46-27-30-50-51(39-46)67(7,8)34-33-66(50,5)6/h13-32,37-42H,33-36H2,1-12H3. The van der Waals surface area contributed by atoms with Crippen molar-refractivity contribution in [3.63, 3.8) is 0 Å². The topological polar surface area (TPSA) is 22.9 Å². The second-order valence-corrected chi connectivity index (χ2v) is 26.0.